The van der Waals surface area contributed by atoms with Gasteiger partial charge in [-0.25, -0.2) is 0 Å². The highest BCUT2D eigenvalue weighted by atomic mass is 15.2. The number of nitrogens with zero attached hydrogens (tertiary/aromatic N) is 4. The van der Waals surface area contributed by atoms with Crippen molar-refractivity contribution in [2.45, 2.75) is 32.1 Å². The summed E-state index contributed by atoms with van der Waals surface area (Å²) in [7, 11) is 0. The van der Waals surface area contributed by atoms with Crippen LogP contribution in [0.15, 0.2) is 71.7 Å². The molecule has 1 aliphatic rings. The summed E-state index contributed by atoms with van der Waals surface area (Å²) in [5, 5.41) is 15.2. The second kappa shape index (κ2) is 12.0. The molecule has 0 bridgehead atoms. The molecule has 4 N–H and O–H groups in total. The first kappa shape index (κ1) is 22.7. The largest absolute Gasteiger partial charge is 0.383 e. The van der Waals surface area contributed by atoms with Crippen molar-refractivity contribution >= 4 is 23.2 Å². The normalized spacial score (nSPS) is 15.1. The molecule has 0 atom stereocenters. The number of likely N-dealkylation sites (tertiary alicyclic amines) is 1. The van der Waals surface area contributed by atoms with Crippen LogP contribution in [-0.2, 0) is 0 Å². The van der Waals surface area contributed by atoms with E-state index in [1.807, 2.05) is 60.7 Å². The van der Waals surface area contributed by atoms with Crippen molar-refractivity contribution in [2.75, 3.05) is 36.8 Å². The third-order valence-corrected chi connectivity index (χ3v) is 5.81. The molecule has 1 aliphatic heterocycles. The van der Waals surface area contributed by atoms with Crippen molar-refractivity contribution in [3.63, 3.8) is 0 Å². The van der Waals surface area contributed by atoms with E-state index < -0.39 is 0 Å². The fraction of sp³-hybridized carbons (Fsp3) is 0.346. The van der Waals surface area contributed by atoms with E-state index in [0.717, 1.165) is 42.1 Å². The Kier molecular flexibility index (Phi) is 8.25. The molecule has 0 spiro atoms. The van der Waals surface area contributed by atoms with Crippen molar-refractivity contribution < 1.29 is 0 Å². The van der Waals surface area contributed by atoms with E-state index in [2.05, 4.69) is 36.8 Å². The van der Waals surface area contributed by atoms with Crippen LogP contribution in [0.1, 0.15) is 32.1 Å². The van der Waals surface area contributed by atoms with Gasteiger partial charge in [-0.15, -0.1) is 10.2 Å². The molecule has 172 valence electrons. The summed E-state index contributed by atoms with van der Waals surface area (Å²) in [5.74, 6) is 0.734. The Morgan fingerprint density at radius 3 is 2.30 bits per heavy atom. The van der Waals surface area contributed by atoms with Crippen molar-refractivity contribution in [3.05, 3.63) is 66.7 Å². The summed E-state index contributed by atoms with van der Waals surface area (Å²) >= 11 is 0. The Morgan fingerprint density at radius 2 is 1.58 bits per heavy atom. The van der Waals surface area contributed by atoms with Crippen LogP contribution in [0.3, 0.4) is 0 Å². The first-order valence-corrected chi connectivity index (χ1v) is 11.8. The van der Waals surface area contributed by atoms with Gasteiger partial charge in [0.1, 0.15) is 0 Å². The van der Waals surface area contributed by atoms with E-state index in [-0.39, 0.29) is 5.96 Å². The maximum Gasteiger partial charge on any atom is 0.199 e. The lowest BCUT2D eigenvalue weighted by Crippen LogP contribution is -2.27. The lowest BCUT2D eigenvalue weighted by molar-refractivity contribution is 0.284. The number of benzene rings is 2. The topological polar surface area (TPSA) is 91.5 Å². The van der Waals surface area contributed by atoms with Gasteiger partial charge in [-0.05, 0) is 63.2 Å². The molecule has 0 radical (unpaired) electrons. The van der Waals surface area contributed by atoms with Crippen LogP contribution in [0, 0.1) is 0 Å². The Hall–Kier alpha value is -3.45. The highest BCUT2D eigenvalue weighted by Crippen LogP contribution is 2.22. The molecular formula is C26H33N7. The van der Waals surface area contributed by atoms with Crippen molar-refractivity contribution in [2.24, 2.45) is 10.7 Å². The molecule has 4 rings (SSSR count). The van der Waals surface area contributed by atoms with Crippen LogP contribution in [0.25, 0.3) is 11.3 Å². The monoisotopic (exact) mass is 443 g/mol. The average molecular weight is 444 g/mol. The molecule has 1 aromatic heterocycles. The zero-order valence-corrected chi connectivity index (χ0v) is 19.1. The minimum Gasteiger partial charge on any atom is -0.383 e. The van der Waals surface area contributed by atoms with Gasteiger partial charge in [0.05, 0.1) is 17.1 Å². The number of hydrogen-bond acceptors (Lipinski definition) is 5. The third-order valence-electron chi connectivity index (χ3n) is 5.81. The predicted octanol–water partition coefficient (Wildman–Crippen LogP) is 4.88. The second-order valence-corrected chi connectivity index (χ2v) is 8.35. The number of hydrogen-bond donors (Lipinski definition) is 3. The highest BCUT2D eigenvalue weighted by molar-refractivity contribution is 5.96. The van der Waals surface area contributed by atoms with Gasteiger partial charge in [0.2, 0.25) is 0 Å². The number of anilines is 2. The zero-order chi connectivity index (χ0) is 22.7. The number of aliphatic imine (C=N–C) groups is 1. The molecule has 2 aromatic carbocycles. The molecule has 7 heteroatoms. The van der Waals surface area contributed by atoms with Crippen LogP contribution in [0.5, 0.6) is 0 Å². The number of aromatic nitrogens is 2. The van der Waals surface area contributed by atoms with E-state index in [1.165, 1.54) is 38.8 Å². The summed E-state index contributed by atoms with van der Waals surface area (Å²) in [4.78, 5) is 6.96. The standard InChI is InChI=1S/C26H33N7/c27-26(30-25-16-15-22(31-32-25)21-11-4-3-5-12-21)29-24-14-7-6-13-23(24)28-17-10-20-33-18-8-1-2-9-19-33/h3-7,11-16,28H,1-2,8-10,17-20H2,(H3,27,29,30,32). The molecule has 0 amide bonds. The van der Waals surface area contributed by atoms with Gasteiger partial charge in [-0.1, -0.05) is 55.3 Å². The summed E-state index contributed by atoms with van der Waals surface area (Å²) in [6.07, 6.45) is 6.52. The number of rotatable bonds is 8. The molecule has 0 aliphatic carbocycles. The van der Waals surface area contributed by atoms with E-state index in [9.17, 15) is 0 Å². The average Bonchev–Trinajstić information content (AvgIpc) is 3.13. The first-order chi connectivity index (χ1) is 16.3. The van der Waals surface area contributed by atoms with Gasteiger partial charge in [0.15, 0.2) is 11.8 Å². The van der Waals surface area contributed by atoms with Gasteiger partial charge in [0.25, 0.3) is 0 Å². The van der Waals surface area contributed by atoms with E-state index in [0.29, 0.717) is 5.82 Å². The number of nitrogens with two attached hydrogens (primary N) is 1. The molecule has 0 unspecified atom stereocenters. The van der Waals surface area contributed by atoms with Gasteiger partial charge in [-0.2, -0.15) is 4.99 Å². The SMILES string of the molecule is NC(=Nc1ccc(-c2ccccc2)nn1)Nc1ccccc1NCCCN1CCCCCC1. The maximum atomic E-state index is 6.16. The van der Waals surface area contributed by atoms with Crippen molar-refractivity contribution in [1.82, 2.24) is 15.1 Å². The molecule has 1 fully saturated rings. The molecule has 33 heavy (non-hydrogen) atoms. The second-order valence-electron chi connectivity index (χ2n) is 8.35. The van der Waals surface area contributed by atoms with E-state index in [4.69, 9.17) is 5.73 Å². The molecular weight excluding hydrogens is 410 g/mol. The first-order valence-electron chi connectivity index (χ1n) is 11.8. The van der Waals surface area contributed by atoms with Gasteiger partial charge < -0.3 is 21.3 Å². The molecule has 2 heterocycles. The smallest absolute Gasteiger partial charge is 0.199 e. The number of para-hydroxylation sites is 2. The van der Waals surface area contributed by atoms with Crippen LogP contribution >= 0.6 is 0 Å². The van der Waals surface area contributed by atoms with E-state index >= 15 is 0 Å². The fourth-order valence-electron chi connectivity index (χ4n) is 4.07. The highest BCUT2D eigenvalue weighted by Gasteiger charge is 2.09. The van der Waals surface area contributed by atoms with Crippen molar-refractivity contribution in [3.8, 4) is 11.3 Å². The lowest BCUT2D eigenvalue weighted by Gasteiger charge is -2.20. The maximum absolute atomic E-state index is 6.16. The molecule has 7 nitrogen and oxygen atoms in total. The third kappa shape index (κ3) is 7.02. The molecule has 3 aromatic rings. The van der Waals surface area contributed by atoms with E-state index in [1.54, 1.807) is 0 Å². The van der Waals surface area contributed by atoms with Crippen LogP contribution in [-0.4, -0.2) is 47.2 Å². The predicted molar refractivity (Wildman–Crippen MR) is 137 cm³/mol. The van der Waals surface area contributed by atoms with Crippen LogP contribution in [0.4, 0.5) is 17.2 Å². The van der Waals surface area contributed by atoms with Crippen molar-refractivity contribution in [1.29, 1.82) is 0 Å². The number of guanidine groups is 1. The van der Waals surface area contributed by atoms with Gasteiger partial charge in [0, 0.05) is 12.1 Å². The Balaban J connectivity index is 1.31. The van der Waals surface area contributed by atoms with Gasteiger partial charge in [-0.3, -0.25) is 0 Å². The fourth-order valence-corrected chi connectivity index (χ4v) is 4.07. The Morgan fingerprint density at radius 1 is 0.848 bits per heavy atom. The molecule has 1 saturated heterocycles. The Labute approximate surface area is 196 Å². The Bertz CT molecular complexity index is 1010. The van der Waals surface area contributed by atoms with Crippen LogP contribution < -0.4 is 16.4 Å². The molecule has 0 saturated carbocycles. The quantitative estimate of drug-likeness (QED) is 0.261. The number of nitrogens with one attached hydrogen (secondary N) is 2. The minimum atomic E-state index is 0.274. The summed E-state index contributed by atoms with van der Waals surface area (Å²) in [6, 6.07) is 21.7. The lowest BCUT2D eigenvalue weighted by atomic mass is 10.1. The summed E-state index contributed by atoms with van der Waals surface area (Å²) in [6.45, 7) is 4.53. The van der Waals surface area contributed by atoms with Gasteiger partial charge >= 0.3 is 0 Å². The summed E-state index contributed by atoms with van der Waals surface area (Å²) < 4.78 is 0. The summed E-state index contributed by atoms with van der Waals surface area (Å²) in [5.41, 5.74) is 9.88. The zero-order valence-electron chi connectivity index (χ0n) is 19.1. The van der Waals surface area contributed by atoms with Crippen LogP contribution in [0.2, 0.25) is 0 Å². The minimum absolute atomic E-state index is 0.274.